The highest BCUT2D eigenvalue weighted by Gasteiger charge is 2.07. The Morgan fingerprint density at radius 1 is 1.14 bits per heavy atom. The third-order valence-electron chi connectivity index (χ3n) is 3.92. The van der Waals surface area contributed by atoms with E-state index in [0.29, 0.717) is 18.7 Å². The number of amides is 1. The molecular weight excluding hydrogens is 483 g/mol. The zero-order valence-corrected chi connectivity index (χ0v) is 19.4. The fourth-order valence-corrected chi connectivity index (χ4v) is 2.53. The van der Waals surface area contributed by atoms with Gasteiger partial charge in [-0.2, -0.15) is 0 Å². The molecule has 29 heavy (non-hydrogen) atoms. The highest BCUT2D eigenvalue weighted by atomic mass is 127. The predicted molar refractivity (Wildman–Crippen MR) is 126 cm³/mol. The molecule has 0 fully saturated rings. The summed E-state index contributed by atoms with van der Waals surface area (Å²) >= 11 is 0. The van der Waals surface area contributed by atoms with Gasteiger partial charge in [-0.1, -0.05) is 12.1 Å². The zero-order valence-electron chi connectivity index (χ0n) is 17.1. The molecule has 7 nitrogen and oxygen atoms in total. The molecule has 0 saturated heterocycles. The average Bonchev–Trinajstić information content (AvgIpc) is 3.24. The van der Waals surface area contributed by atoms with Crippen LogP contribution in [-0.4, -0.2) is 38.2 Å². The highest BCUT2D eigenvalue weighted by Crippen LogP contribution is 2.08. The second kappa shape index (κ2) is 14.9. The van der Waals surface area contributed by atoms with Gasteiger partial charge in [0.1, 0.15) is 5.76 Å². The number of aliphatic imine (C=N–C) groups is 1. The van der Waals surface area contributed by atoms with E-state index in [1.165, 1.54) is 0 Å². The van der Waals surface area contributed by atoms with Crippen LogP contribution in [0.15, 0.2) is 52.1 Å². The van der Waals surface area contributed by atoms with E-state index in [2.05, 4.69) is 20.9 Å². The first kappa shape index (κ1) is 25.0. The van der Waals surface area contributed by atoms with Crippen molar-refractivity contribution >= 4 is 35.8 Å². The summed E-state index contributed by atoms with van der Waals surface area (Å²) in [6, 6.07) is 11.1. The van der Waals surface area contributed by atoms with Gasteiger partial charge in [0.15, 0.2) is 5.96 Å². The van der Waals surface area contributed by atoms with Crippen LogP contribution in [0, 0.1) is 0 Å². The van der Waals surface area contributed by atoms with E-state index in [0.717, 1.165) is 50.0 Å². The highest BCUT2D eigenvalue weighted by molar-refractivity contribution is 14.0. The van der Waals surface area contributed by atoms with Crippen LogP contribution in [0.4, 0.5) is 0 Å². The number of hydrogen-bond acceptors (Lipinski definition) is 4. The van der Waals surface area contributed by atoms with E-state index in [-0.39, 0.29) is 29.9 Å². The van der Waals surface area contributed by atoms with E-state index in [4.69, 9.17) is 9.15 Å². The number of ether oxygens (including phenoxy) is 1. The molecule has 160 valence electrons. The van der Waals surface area contributed by atoms with Crippen molar-refractivity contribution in [1.82, 2.24) is 16.0 Å². The van der Waals surface area contributed by atoms with Gasteiger partial charge < -0.3 is 25.1 Å². The number of guanidine groups is 1. The first-order valence-corrected chi connectivity index (χ1v) is 9.72. The van der Waals surface area contributed by atoms with E-state index >= 15 is 0 Å². The largest absolute Gasteiger partial charge is 0.467 e. The number of benzene rings is 1. The minimum absolute atomic E-state index is 0. The van der Waals surface area contributed by atoms with Crippen LogP contribution in [0.25, 0.3) is 0 Å². The third-order valence-corrected chi connectivity index (χ3v) is 3.92. The summed E-state index contributed by atoms with van der Waals surface area (Å²) in [6.07, 6.45) is 2.51. The maximum absolute atomic E-state index is 12.3. The van der Waals surface area contributed by atoms with E-state index in [1.807, 2.05) is 38.1 Å². The molecular formula is C21H31IN4O3. The lowest BCUT2D eigenvalue weighted by atomic mass is 10.1. The normalized spacial score (nSPS) is 10.9. The molecule has 2 rings (SSSR count). The first-order chi connectivity index (χ1) is 13.7. The molecule has 8 heteroatoms. The third kappa shape index (κ3) is 9.80. The Hall–Kier alpha value is -2.07. The van der Waals surface area contributed by atoms with Crippen molar-refractivity contribution in [3.63, 3.8) is 0 Å². The lowest BCUT2D eigenvalue weighted by molar-refractivity contribution is 0.0948. The maximum atomic E-state index is 12.3. The first-order valence-electron chi connectivity index (χ1n) is 9.72. The topological polar surface area (TPSA) is 87.9 Å². The second-order valence-electron chi connectivity index (χ2n) is 6.13. The Labute approximate surface area is 189 Å². The molecule has 0 bridgehead atoms. The summed E-state index contributed by atoms with van der Waals surface area (Å²) in [5, 5.41) is 9.37. The number of hydrogen-bond donors (Lipinski definition) is 3. The Morgan fingerprint density at radius 3 is 2.72 bits per heavy atom. The molecule has 1 aromatic carbocycles. The Bertz CT molecular complexity index is 735. The number of nitrogens with one attached hydrogen (secondary N) is 3. The molecule has 1 amide bonds. The van der Waals surface area contributed by atoms with Gasteiger partial charge >= 0.3 is 0 Å². The Kier molecular flexibility index (Phi) is 12.8. The van der Waals surface area contributed by atoms with Gasteiger partial charge in [-0.15, -0.1) is 24.0 Å². The minimum Gasteiger partial charge on any atom is -0.467 e. The monoisotopic (exact) mass is 514 g/mol. The molecule has 2 aromatic rings. The SMILES string of the molecule is CCNC(=NCc1cccc(C(=O)NCc2ccco2)c1)NCCCOCC.I. The van der Waals surface area contributed by atoms with Crippen molar-refractivity contribution in [1.29, 1.82) is 0 Å². The average molecular weight is 514 g/mol. The van der Waals surface area contributed by atoms with Crippen LogP contribution in [0.3, 0.4) is 0 Å². The molecule has 1 heterocycles. The summed E-state index contributed by atoms with van der Waals surface area (Å²) in [6.45, 7) is 7.92. The molecule has 3 N–H and O–H groups in total. The molecule has 0 aliphatic heterocycles. The Morgan fingerprint density at radius 2 is 2.00 bits per heavy atom. The molecule has 0 unspecified atom stereocenters. The van der Waals surface area contributed by atoms with Crippen molar-refractivity contribution in [2.24, 2.45) is 4.99 Å². The van der Waals surface area contributed by atoms with Crippen LogP contribution >= 0.6 is 24.0 Å². The number of nitrogens with zero attached hydrogens (tertiary/aromatic N) is 1. The van der Waals surface area contributed by atoms with Gasteiger partial charge in [0.05, 0.1) is 19.4 Å². The van der Waals surface area contributed by atoms with Crippen LogP contribution in [0.1, 0.15) is 41.9 Å². The second-order valence-corrected chi connectivity index (χ2v) is 6.13. The number of halogens is 1. The van der Waals surface area contributed by atoms with Crippen LogP contribution in [0.2, 0.25) is 0 Å². The summed E-state index contributed by atoms with van der Waals surface area (Å²) in [4.78, 5) is 16.9. The lowest BCUT2D eigenvalue weighted by Gasteiger charge is -2.11. The molecule has 0 spiro atoms. The maximum Gasteiger partial charge on any atom is 0.251 e. The molecule has 0 aliphatic rings. The van der Waals surface area contributed by atoms with Crippen molar-refractivity contribution in [3.05, 3.63) is 59.5 Å². The van der Waals surface area contributed by atoms with Crippen LogP contribution < -0.4 is 16.0 Å². The summed E-state index contributed by atoms with van der Waals surface area (Å²) in [5.74, 6) is 1.34. The number of furan rings is 1. The summed E-state index contributed by atoms with van der Waals surface area (Å²) < 4.78 is 10.6. The van der Waals surface area contributed by atoms with Gasteiger partial charge in [-0.3, -0.25) is 4.79 Å². The standard InChI is InChI=1S/C21H30N4O3.HI/c1-3-22-21(23-11-7-12-27-4-2)25-15-17-8-5-9-18(14-17)20(26)24-16-19-10-6-13-28-19;/h5-6,8-10,13-14H,3-4,7,11-12,15-16H2,1-2H3,(H,24,26)(H2,22,23,25);1H. The van der Waals surface area contributed by atoms with E-state index in [9.17, 15) is 4.79 Å². The van der Waals surface area contributed by atoms with Crippen molar-refractivity contribution in [3.8, 4) is 0 Å². The molecule has 0 atom stereocenters. The lowest BCUT2D eigenvalue weighted by Crippen LogP contribution is -2.38. The van der Waals surface area contributed by atoms with E-state index < -0.39 is 0 Å². The van der Waals surface area contributed by atoms with Gasteiger partial charge in [0.2, 0.25) is 0 Å². The smallest absolute Gasteiger partial charge is 0.251 e. The van der Waals surface area contributed by atoms with Crippen molar-refractivity contribution in [2.75, 3.05) is 26.3 Å². The minimum atomic E-state index is -0.136. The predicted octanol–water partition coefficient (Wildman–Crippen LogP) is 3.31. The number of carbonyl (C=O) groups excluding carboxylic acids is 1. The molecule has 0 saturated carbocycles. The van der Waals surface area contributed by atoms with Crippen LogP contribution in [0.5, 0.6) is 0 Å². The summed E-state index contributed by atoms with van der Waals surface area (Å²) in [5.41, 5.74) is 1.58. The van der Waals surface area contributed by atoms with Gasteiger partial charge in [0.25, 0.3) is 5.91 Å². The van der Waals surface area contributed by atoms with Crippen LogP contribution in [-0.2, 0) is 17.8 Å². The quantitative estimate of drug-likeness (QED) is 0.185. The molecule has 0 radical (unpaired) electrons. The van der Waals surface area contributed by atoms with Gasteiger partial charge in [0, 0.05) is 31.9 Å². The van der Waals surface area contributed by atoms with Gasteiger partial charge in [-0.05, 0) is 50.1 Å². The molecule has 1 aromatic heterocycles. The fraction of sp³-hybridized carbons (Fsp3) is 0.429. The Balaban J connectivity index is 0.00000420. The van der Waals surface area contributed by atoms with Crippen molar-refractivity contribution in [2.45, 2.75) is 33.4 Å². The van der Waals surface area contributed by atoms with E-state index in [1.54, 1.807) is 18.4 Å². The number of rotatable bonds is 11. The zero-order chi connectivity index (χ0) is 20.0. The summed E-state index contributed by atoms with van der Waals surface area (Å²) in [7, 11) is 0. The van der Waals surface area contributed by atoms with Gasteiger partial charge in [-0.25, -0.2) is 4.99 Å². The number of carbonyl (C=O) groups is 1. The molecule has 0 aliphatic carbocycles. The fourth-order valence-electron chi connectivity index (χ4n) is 2.53. The van der Waals surface area contributed by atoms with Crippen molar-refractivity contribution < 1.29 is 13.9 Å².